The van der Waals surface area contributed by atoms with Gasteiger partial charge in [0, 0.05) is 17.8 Å². The molecule has 0 atom stereocenters. The third-order valence-electron chi connectivity index (χ3n) is 5.94. The summed E-state index contributed by atoms with van der Waals surface area (Å²) in [5, 5.41) is 28.4. The SMILES string of the molecule is CC(C)(O)Cn1ccc2cc(Nc3cc(C(C)(C)O)ncn3)nc(NC3(C)CCC3)c2c1=O. The molecule has 0 saturated heterocycles. The minimum absolute atomic E-state index is 0.120. The highest BCUT2D eigenvalue weighted by Gasteiger charge is 2.33. The predicted molar refractivity (Wildman–Crippen MR) is 129 cm³/mol. The van der Waals surface area contributed by atoms with Crippen LogP contribution in [0.3, 0.4) is 0 Å². The van der Waals surface area contributed by atoms with Crippen molar-refractivity contribution in [3.05, 3.63) is 46.8 Å². The quantitative estimate of drug-likeness (QED) is 0.430. The standard InChI is InChI=1S/C24H32N6O3/c1-22(2,32)13-30-10-7-15-11-18(27-17-12-16(23(3,4)33)25-14-26-17)28-20(19(15)21(30)31)29-24(5)8-6-9-24/h7,10-12,14,32-33H,6,8-9,13H2,1-5H3,(H2,25,26,27,28,29). The fourth-order valence-electron chi connectivity index (χ4n) is 4.01. The summed E-state index contributed by atoms with van der Waals surface area (Å²) in [4.78, 5) is 26.5. The lowest BCUT2D eigenvalue weighted by Crippen LogP contribution is -2.42. The molecule has 9 heteroatoms. The number of rotatable bonds is 7. The molecular formula is C24H32N6O3. The molecule has 4 rings (SSSR count). The second kappa shape index (κ2) is 8.07. The first-order valence-corrected chi connectivity index (χ1v) is 11.2. The molecule has 0 radical (unpaired) electrons. The first-order valence-electron chi connectivity index (χ1n) is 11.2. The second-order valence-electron chi connectivity index (χ2n) is 10.4. The smallest absolute Gasteiger partial charge is 0.262 e. The van der Waals surface area contributed by atoms with Gasteiger partial charge in [-0.1, -0.05) is 0 Å². The van der Waals surface area contributed by atoms with Crippen LogP contribution in [0.5, 0.6) is 0 Å². The number of nitrogens with one attached hydrogen (secondary N) is 2. The summed E-state index contributed by atoms with van der Waals surface area (Å²) in [6.07, 6.45) is 6.21. The highest BCUT2D eigenvalue weighted by atomic mass is 16.3. The summed E-state index contributed by atoms with van der Waals surface area (Å²) in [6.45, 7) is 8.97. The van der Waals surface area contributed by atoms with Crippen molar-refractivity contribution in [2.75, 3.05) is 10.6 Å². The van der Waals surface area contributed by atoms with E-state index in [0.29, 0.717) is 28.5 Å². The van der Waals surface area contributed by atoms with Gasteiger partial charge in [0.25, 0.3) is 5.56 Å². The first kappa shape index (κ1) is 23.1. The largest absolute Gasteiger partial charge is 0.389 e. The monoisotopic (exact) mass is 452 g/mol. The van der Waals surface area contributed by atoms with Crippen molar-refractivity contribution in [2.45, 2.75) is 77.2 Å². The van der Waals surface area contributed by atoms with Gasteiger partial charge in [-0.15, -0.1) is 0 Å². The fraction of sp³-hybridized carbons (Fsp3) is 0.500. The molecule has 4 N–H and O–H groups in total. The van der Waals surface area contributed by atoms with Gasteiger partial charge in [0.1, 0.15) is 29.4 Å². The molecule has 0 spiro atoms. The van der Waals surface area contributed by atoms with Crippen LogP contribution >= 0.6 is 0 Å². The fourth-order valence-corrected chi connectivity index (χ4v) is 4.01. The average molecular weight is 453 g/mol. The molecule has 176 valence electrons. The number of fused-ring (bicyclic) bond motifs is 1. The van der Waals surface area contributed by atoms with Crippen molar-refractivity contribution >= 4 is 28.2 Å². The Labute approximate surface area is 192 Å². The van der Waals surface area contributed by atoms with Crippen LogP contribution in [0, 0.1) is 0 Å². The maximum absolute atomic E-state index is 13.3. The van der Waals surface area contributed by atoms with E-state index in [2.05, 4.69) is 27.5 Å². The molecule has 0 amide bonds. The van der Waals surface area contributed by atoms with Crippen LogP contribution in [-0.4, -0.2) is 40.9 Å². The van der Waals surface area contributed by atoms with Crippen LogP contribution in [0.25, 0.3) is 10.8 Å². The number of hydrogen-bond donors (Lipinski definition) is 4. The zero-order chi connectivity index (χ0) is 24.0. The molecule has 0 bridgehead atoms. The van der Waals surface area contributed by atoms with Crippen molar-refractivity contribution in [1.29, 1.82) is 0 Å². The zero-order valence-electron chi connectivity index (χ0n) is 19.8. The van der Waals surface area contributed by atoms with E-state index in [0.717, 1.165) is 24.6 Å². The number of anilines is 3. The number of aliphatic hydroxyl groups is 2. The number of nitrogens with zero attached hydrogens (tertiary/aromatic N) is 4. The maximum atomic E-state index is 13.3. The Bertz CT molecular complexity index is 1240. The predicted octanol–water partition coefficient (Wildman–Crippen LogP) is 3.28. The molecular weight excluding hydrogens is 420 g/mol. The van der Waals surface area contributed by atoms with Gasteiger partial charge in [-0.2, -0.15) is 0 Å². The number of hydrogen-bond acceptors (Lipinski definition) is 8. The highest BCUT2D eigenvalue weighted by molar-refractivity contribution is 5.93. The maximum Gasteiger partial charge on any atom is 0.262 e. The third-order valence-corrected chi connectivity index (χ3v) is 5.94. The molecule has 1 saturated carbocycles. The van der Waals surface area contributed by atoms with Gasteiger partial charge in [0.15, 0.2) is 0 Å². The van der Waals surface area contributed by atoms with Crippen LogP contribution in [0.15, 0.2) is 35.5 Å². The summed E-state index contributed by atoms with van der Waals surface area (Å²) >= 11 is 0. The lowest BCUT2D eigenvalue weighted by Gasteiger charge is -2.39. The average Bonchev–Trinajstić information content (AvgIpc) is 2.67. The van der Waals surface area contributed by atoms with E-state index in [4.69, 9.17) is 4.98 Å². The van der Waals surface area contributed by atoms with Crippen molar-refractivity contribution in [3.8, 4) is 0 Å². The van der Waals surface area contributed by atoms with Gasteiger partial charge in [-0.05, 0) is 71.4 Å². The summed E-state index contributed by atoms with van der Waals surface area (Å²) in [7, 11) is 0. The minimum atomic E-state index is -1.10. The van der Waals surface area contributed by atoms with E-state index < -0.39 is 11.2 Å². The molecule has 0 aliphatic heterocycles. The highest BCUT2D eigenvalue weighted by Crippen LogP contribution is 2.36. The summed E-state index contributed by atoms with van der Waals surface area (Å²) in [5.74, 6) is 1.52. The summed E-state index contributed by atoms with van der Waals surface area (Å²) < 4.78 is 1.52. The third kappa shape index (κ3) is 5.15. The molecule has 0 aromatic carbocycles. The van der Waals surface area contributed by atoms with E-state index in [1.165, 1.54) is 10.9 Å². The van der Waals surface area contributed by atoms with Crippen molar-refractivity contribution < 1.29 is 10.2 Å². The van der Waals surface area contributed by atoms with Gasteiger partial charge >= 0.3 is 0 Å². The summed E-state index contributed by atoms with van der Waals surface area (Å²) in [6, 6.07) is 5.32. The topological polar surface area (TPSA) is 125 Å². The van der Waals surface area contributed by atoms with Crippen LogP contribution < -0.4 is 16.2 Å². The minimum Gasteiger partial charge on any atom is -0.389 e. The Hall–Kier alpha value is -3.04. The molecule has 0 unspecified atom stereocenters. The van der Waals surface area contributed by atoms with E-state index in [1.807, 2.05) is 6.07 Å². The van der Waals surface area contributed by atoms with Crippen LogP contribution in [-0.2, 0) is 12.1 Å². The van der Waals surface area contributed by atoms with E-state index >= 15 is 0 Å². The van der Waals surface area contributed by atoms with Crippen LogP contribution in [0.1, 0.15) is 59.6 Å². The summed E-state index contributed by atoms with van der Waals surface area (Å²) in [5.41, 5.74) is -1.97. The van der Waals surface area contributed by atoms with Crippen molar-refractivity contribution in [1.82, 2.24) is 19.5 Å². The molecule has 1 aliphatic rings. The molecule has 9 nitrogen and oxygen atoms in total. The Kier molecular flexibility index (Phi) is 5.66. The van der Waals surface area contributed by atoms with Crippen molar-refractivity contribution in [2.24, 2.45) is 0 Å². The molecule has 3 aromatic heterocycles. The van der Waals surface area contributed by atoms with E-state index in [-0.39, 0.29) is 17.6 Å². The van der Waals surface area contributed by atoms with Gasteiger partial charge in [0.2, 0.25) is 0 Å². The molecule has 33 heavy (non-hydrogen) atoms. The molecule has 1 aliphatic carbocycles. The number of pyridine rings is 2. The Morgan fingerprint density at radius 2 is 1.85 bits per heavy atom. The van der Waals surface area contributed by atoms with E-state index in [9.17, 15) is 15.0 Å². The molecule has 3 aromatic rings. The normalized spacial score (nSPS) is 15.8. The Morgan fingerprint density at radius 3 is 2.45 bits per heavy atom. The number of aromatic nitrogens is 4. The van der Waals surface area contributed by atoms with Crippen molar-refractivity contribution in [3.63, 3.8) is 0 Å². The first-order chi connectivity index (χ1) is 15.3. The Morgan fingerprint density at radius 1 is 1.12 bits per heavy atom. The second-order valence-corrected chi connectivity index (χ2v) is 10.4. The lowest BCUT2D eigenvalue weighted by molar-refractivity contribution is 0.0606. The van der Waals surface area contributed by atoms with Gasteiger partial charge in [-0.25, -0.2) is 15.0 Å². The lowest BCUT2D eigenvalue weighted by atomic mass is 9.78. The van der Waals surface area contributed by atoms with Gasteiger partial charge in [-0.3, -0.25) is 4.79 Å². The molecule has 3 heterocycles. The van der Waals surface area contributed by atoms with Crippen LogP contribution in [0.4, 0.5) is 17.5 Å². The van der Waals surface area contributed by atoms with Gasteiger partial charge in [0.05, 0.1) is 23.2 Å². The van der Waals surface area contributed by atoms with Crippen LogP contribution in [0.2, 0.25) is 0 Å². The van der Waals surface area contributed by atoms with Gasteiger partial charge < -0.3 is 25.4 Å². The Balaban J connectivity index is 1.79. The van der Waals surface area contributed by atoms with E-state index in [1.54, 1.807) is 46.0 Å². The molecule has 1 fully saturated rings. The zero-order valence-corrected chi connectivity index (χ0v) is 19.8.